The first-order chi connectivity index (χ1) is 17.0. The third-order valence-electron chi connectivity index (χ3n) is 6.99. The van der Waals surface area contributed by atoms with E-state index >= 15 is 0 Å². The Kier molecular flexibility index (Phi) is 5.33. The lowest BCUT2D eigenvalue weighted by Crippen LogP contribution is -2.30. The van der Waals surface area contributed by atoms with Crippen LogP contribution >= 0.6 is 0 Å². The van der Waals surface area contributed by atoms with Crippen molar-refractivity contribution < 1.29 is 0 Å². The van der Waals surface area contributed by atoms with Gasteiger partial charge < -0.3 is 0 Å². The summed E-state index contributed by atoms with van der Waals surface area (Å²) in [5.41, 5.74) is 8.50. The van der Waals surface area contributed by atoms with Crippen molar-refractivity contribution in [1.82, 2.24) is 0 Å². The Morgan fingerprint density at radius 1 is 0.639 bits per heavy atom. The summed E-state index contributed by atoms with van der Waals surface area (Å²) in [5, 5.41) is 4.11. The maximum atomic E-state index is 5.48. The van der Waals surface area contributed by atoms with Crippen LogP contribution in [0.25, 0.3) is 11.1 Å². The van der Waals surface area contributed by atoms with Crippen molar-refractivity contribution in [2.75, 3.05) is 0 Å². The van der Waals surface area contributed by atoms with Gasteiger partial charge in [0.25, 0.3) is 0 Å². The predicted octanol–water partition coefficient (Wildman–Crippen LogP) is 3.52. The summed E-state index contributed by atoms with van der Waals surface area (Å²) in [4.78, 5) is 10.3. The highest BCUT2D eigenvalue weighted by Gasteiger charge is 2.30. The number of benzene rings is 2. The molecule has 0 aromatic heterocycles. The lowest BCUT2D eigenvalue weighted by molar-refractivity contribution is 0.588. The highest BCUT2D eigenvalue weighted by Crippen LogP contribution is 2.38. The van der Waals surface area contributed by atoms with E-state index in [1.165, 1.54) is 22.3 Å². The highest BCUT2D eigenvalue weighted by atomic mass is 14.9. The first-order valence-corrected chi connectivity index (χ1v) is 12.2. The van der Waals surface area contributed by atoms with Gasteiger partial charge >= 0.3 is 0 Å². The smallest absolute Gasteiger partial charge is 0.0936 e. The molecule has 0 saturated heterocycles. The molecular weight excluding hydrogens is 436 g/mol. The van der Waals surface area contributed by atoms with Gasteiger partial charge in [0.1, 0.15) is 0 Å². The van der Waals surface area contributed by atoms with E-state index in [0.717, 1.165) is 56.5 Å². The minimum atomic E-state index is -0.0351. The van der Waals surface area contributed by atoms with Crippen molar-refractivity contribution in [3.63, 3.8) is 0 Å². The second-order valence-electron chi connectivity index (χ2n) is 11.5. The van der Waals surface area contributed by atoms with Gasteiger partial charge in [0, 0.05) is 21.6 Å². The number of fused-ring (bicyclic) bond motifs is 4. The van der Waals surface area contributed by atoms with E-state index in [1.54, 1.807) is 0 Å². The van der Waals surface area contributed by atoms with Crippen LogP contribution in [0.15, 0.2) is 45.6 Å². The molecule has 0 saturated carbocycles. The first-order valence-electron chi connectivity index (χ1n) is 12.2. The molecule has 174 valence electrons. The van der Waals surface area contributed by atoms with E-state index in [-0.39, 0.29) is 10.8 Å². The fourth-order valence-electron chi connectivity index (χ4n) is 5.08. The summed E-state index contributed by atoms with van der Waals surface area (Å²) in [6, 6.07) is 8.72. The molecule has 0 fully saturated rings. The molecular formula is C34H28N2. The number of terminal acetylenes is 2. The lowest BCUT2D eigenvalue weighted by atomic mass is 9.84. The van der Waals surface area contributed by atoms with E-state index in [1.807, 2.05) is 0 Å². The zero-order valence-electron chi connectivity index (χ0n) is 21.8. The molecule has 2 aromatic rings. The van der Waals surface area contributed by atoms with Crippen molar-refractivity contribution in [2.24, 2.45) is 9.98 Å². The Hall–Kier alpha value is -4.24. The van der Waals surface area contributed by atoms with Crippen LogP contribution < -0.4 is 21.2 Å². The van der Waals surface area contributed by atoms with Crippen LogP contribution in [0.5, 0.6) is 0 Å². The molecule has 2 heterocycles. The summed E-state index contributed by atoms with van der Waals surface area (Å²) in [6.07, 6.45) is 12.7. The fourth-order valence-corrected chi connectivity index (χ4v) is 5.08. The largest absolute Gasteiger partial charge is 0.246 e. The normalized spacial score (nSPS) is 15.0. The molecule has 2 aromatic carbocycles. The Morgan fingerprint density at radius 2 is 1.03 bits per heavy atom. The summed E-state index contributed by atoms with van der Waals surface area (Å²) >= 11 is 0. The quantitative estimate of drug-likeness (QED) is 0.533. The molecule has 0 spiro atoms. The first kappa shape index (κ1) is 23.5. The summed E-state index contributed by atoms with van der Waals surface area (Å²) in [6.45, 7) is 13.2. The van der Waals surface area contributed by atoms with Gasteiger partial charge in [-0.15, -0.1) is 12.8 Å². The number of nitrogens with zero attached hydrogens (tertiary/aromatic N) is 2. The molecule has 0 atom stereocenters. The molecule has 2 nitrogen and oxygen atoms in total. The van der Waals surface area contributed by atoms with Gasteiger partial charge in [-0.1, -0.05) is 53.4 Å². The van der Waals surface area contributed by atoms with Gasteiger partial charge in [-0.05, 0) is 93.9 Å². The molecule has 1 aliphatic carbocycles. The Labute approximate surface area is 213 Å². The molecule has 36 heavy (non-hydrogen) atoms. The van der Waals surface area contributed by atoms with Crippen LogP contribution in [0.2, 0.25) is 0 Å². The second kappa shape index (κ2) is 8.17. The van der Waals surface area contributed by atoms with Gasteiger partial charge in [-0.3, -0.25) is 0 Å². The molecule has 0 unspecified atom stereocenters. The van der Waals surface area contributed by atoms with Gasteiger partial charge in [-0.25, -0.2) is 9.98 Å². The van der Waals surface area contributed by atoms with Crippen molar-refractivity contribution in [3.8, 4) is 48.4 Å². The van der Waals surface area contributed by atoms with E-state index < -0.39 is 0 Å². The SMILES string of the molecule is C#CC#Cc1cc(C(C)(C)C)cc2c1=C1CCC3=c4c(C#CC#C)cc(C(C)(C)C)cc4=NC3=C1N=2. The third kappa shape index (κ3) is 3.77. The van der Waals surface area contributed by atoms with Gasteiger partial charge in [0.05, 0.1) is 22.1 Å². The summed E-state index contributed by atoms with van der Waals surface area (Å²) in [5.74, 6) is 17.0. The predicted molar refractivity (Wildman–Crippen MR) is 146 cm³/mol. The van der Waals surface area contributed by atoms with Crippen LogP contribution in [-0.4, -0.2) is 0 Å². The second-order valence-corrected chi connectivity index (χ2v) is 11.5. The molecule has 3 aliphatic rings. The standard InChI is InChI=1S/C34H28N2/c1-9-11-13-21-17-23(33(3,4)5)19-27-29(21)25-15-16-26-30-22(14-12-10-2)18-24(34(6,7)8)20-28(30)36-32(26)31(25)35-27/h1-2,17-20H,15-16H2,3-8H3. The third-order valence-corrected chi connectivity index (χ3v) is 6.99. The number of hydrogen-bond donors (Lipinski definition) is 0. The zero-order chi connectivity index (χ0) is 25.8. The molecule has 0 bridgehead atoms. The Morgan fingerprint density at radius 3 is 1.36 bits per heavy atom. The minimum absolute atomic E-state index is 0.0351. The summed E-state index contributed by atoms with van der Waals surface area (Å²) in [7, 11) is 0. The van der Waals surface area contributed by atoms with Crippen LogP contribution in [0.1, 0.15) is 76.6 Å². The van der Waals surface area contributed by atoms with Crippen LogP contribution in [0.4, 0.5) is 0 Å². The lowest BCUT2D eigenvalue weighted by Gasteiger charge is -2.19. The van der Waals surface area contributed by atoms with Gasteiger partial charge in [0.15, 0.2) is 0 Å². The molecule has 0 amide bonds. The topological polar surface area (TPSA) is 24.7 Å². The van der Waals surface area contributed by atoms with Crippen molar-refractivity contribution in [1.29, 1.82) is 0 Å². The maximum Gasteiger partial charge on any atom is 0.0936 e. The van der Waals surface area contributed by atoms with Crippen molar-refractivity contribution in [3.05, 3.63) is 79.1 Å². The number of hydrogen-bond acceptors (Lipinski definition) is 2. The Balaban J connectivity index is 1.87. The number of allylic oxidation sites excluding steroid dienone is 2. The average Bonchev–Trinajstić information content (AvgIpc) is 3.38. The Bertz CT molecular complexity index is 1720. The van der Waals surface area contributed by atoms with Crippen LogP contribution in [-0.2, 0) is 10.8 Å². The molecule has 0 radical (unpaired) electrons. The fraction of sp³-hybridized carbons (Fsp3) is 0.294. The molecule has 5 rings (SSSR count). The molecule has 2 heteroatoms. The van der Waals surface area contributed by atoms with Crippen molar-refractivity contribution in [2.45, 2.75) is 65.2 Å². The van der Waals surface area contributed by atoms with E-state index in [9.17, 15) is 0 Å². The van der Waals surface area contributed by atoms with Crippen LogP contribution in [0.3, 0.4) is 0 Å². The minimum Gasteiger partial charge on any atom is -0.246 e. The number of rotatable bonds is 0. The molecule has 0 N–H and O–H groups in total. The monoisotopic (exact) mass is 464 g/mol. The van der Waals surface area contributed by atoms with E-state index in [0.29, 0.717) is 0 Å². The molecule has 2 aliphatic heterocycles. The highest BCUT2D eigenvalue weighted by molar-refractivity contribution is 5.84. The van der Waals surface area contributed by atoms with Gasteiger partial charge in [-0.2, -0.15) is 0 Å². The van der Waals surface area contributed by atoms with E-state index in [2.05, 4.69) is 101 Å². The maximum absolute atomic E-state index is 5.48. The van der Waals surface area contributed by atoms with E-state index in [4.69, 9.17) is 22.8 Å². The average molecular weight is 465 g/mol. The summed E-state index contributed by atoms with van der Waals surface area (Å²) < 4.78 is 0. The van der Waals surface area contributed by atoms with Crippen LogP contribution in [0, 0.1) is 48.4 Å². The van der Waals surface area contributed by atoms with Crippen molar-refractivity contribution >= 4 is 11.1 Å². The van der Waals surface area contributed by atoms with Gasteiger partial charge in [0.2, 0.25) is 0 Å². The zero-order valence-corrected chi connectivity index (χ0v) is 21.8.